The molecule has 2 rings (SSSR count). The molecule has 18 heavy (non-hydrogen) atoms. The zero-order chi connectivity index (χ0) is 13.2. The van der Waals surface area contributed by atoms with Crippen molar-refractivity contribution in [1.82, 2.24) is 5.43 Å². The third-order valence-corrected chi connectivity index (χ3v) is 3.43. The van der Waals surface area contributed by atoms with Crippen LogP contribution in [-0.2, 0) is 4.74 Å². The van der Waals surface area contributed by atoms with Crippen molar-refractivity contribution in [3.63, 3.8) is 0 Å². The van der Waals surface area contributed by atoms with Gasteiger partial charge in [0.15, 0.2) is 0 Å². The largest absolute Gasteiger partial charge is 0.490 e. The van der Waals surface area contributed by atoms with E-state index in [0.717, 1.165) is 11.3 Å². The van der Waals surface area contributed by atoms with Crippen LogP contribution in [-0.4, -0.2) is 18.8 Å². The van der Waals surface area contributed by atoms with Gasteiger partial charge in [0.25, 0.3) is 0 Å². The molecular weight excluding hydrogens is 228 g/mol. The van der Waals surface area contributed by atoms with Gasteiger partial charge in [0.2, 0.25) is 0 Å². The maximum absolute atomic E-state index is 5.72. The zero-order valence-electron chi connectivity index (χ0n) is 11.3. The van der Waals surface area contributed by atoms with Gasteiger partial charge in [-0.25, -0.2) is 0 Å². The van der Waals surface area contributed by atoms with Crippen LogP contribution in [0.4, 0.5) is 0 Å². The first-order valence-corrected chi connectivity index (χ1v) is 6.34. The fraction of sp³-hybridized carbons (Fsp3) is 0.571. The Kier molecular flexibility index (Phi) is 3.90. The summed E-state index contributed by atoms with van der Waals surface area (Å²) < 4.78 is 11.2. The number of nitrogens with one attached hydrogen (secondary N) is 1. The summed E-state index contributed by atoms with van der Waals surface area (Å²) in [5, 5.41) is 0. The summed E-state index contributed by atoms with van der Waals surface area (Å²) in [6, 6.07) is 7.98. The van der Waals surface area contributed by atoms with E-state index in [0.29, 0.717) is 6.10 Å². The molecule has 0 bridgehead atoms. The lowest BCUT2D eigenvalue weighted by atomic mass is 9.92. The maximum Gasteiger partial charge on any atom is 0.119 e. The molecule has 1 aliphatic rings. The normalized spacial score (nSPS) is 17.6. The molecule has 0 aromatic heterocycles. The smallest absolute Gasteiger partial charge is 0.119 e. The monoisotopic (exact) mass is 250 g/mol. The predicted molar refractivity (Wildman–Crippen MR) is 71.2 cm³/mol. The summed E-state index contributed by atoms with van der Waals surface area (Å²) in [5.41, 5.74) is 3.54. The van der Waals surface area contributed by atoms with Gasteiger partial charge in [-0.15, -0.1) is 0 Å². The lowest BCUT2D eigenvalue weighted by Gasteiger charge is -2.32. The molecule has 0 radical (unpaired) electrons. The second kappa shape index (κ2) is 5.26. The van der Waals surface area contributed by atoms with Crippen molar-refractivity contribution in [3.05, 3.63) is 29.8 Å². The molecule has 4 heteroatoms. The zero-order valence-corrected chi connectivity index (χ0v) is 11.3. The molecule has 1 aromatic carbocycles. The van der Waals surface area contributed by atoms with E-state index >= 15 is 0 Å². The highest BCUT2D eigenvalue weighted by Crippen LogP contribution is 2.31. The number of hydrogen-bond acceptors (Lipinski definition) is 4. The van der Waals surface area contributed by atoms with E-state index in [9.17, 15) is 0 Å². The first kappa shape index (κ1) is 13.3. The van der Waals surface area contributed by atoms with Crippen molar-refractivity contribution >= 4 is 0 Å². The molecule has 1 atom stereocenters. The Balaban J connectivity index is 2.10. The SMILES string of the molecule is COC(C)(C)C(NN)c1ccc(OC2CC2)cc1. The van der Waals surface area contributed by atoms with Crippen LogP contribution >= 0.6 is 0 Å². The molecule has 1 saturated carbocycles. The number of benzene rings is 1. The lowest BCUT2D eigenvalue weighted by molar-refractivity contribution is -0.0111. The molecule has 1 fully saturated rings. The molecule has 0 heterocycles. The minimum atomic E-state index is -0.367. The summed E-state index contributed by atoms with van der Waals surface area (Å²) in [5.74, 6) is 6.56. The summed E-state index contributed by atoms with van der Waals surface area (Å²) >= 11 is 0. The van der Waals surface area contributed by atoms with Crippen molar-refractivity contribution < 1.29 is 9.47 Å². The molecule has 1 aromatic rings. The lowest BCUT2D eigenvalue weighted by Crippen LogP contribution is -2.43. The summed E-state index contributed by atoms with van der Waals surface area (Å²) in [4.78, 5) is 0. The predicted octanol–water partition coefficient (Wildman–Crippen LogP) is 2.16. The molecule has 0 saturated heterocycles. The Morgan fingerprint density at radius 1 is 1.28 bits per heavy atom. The van der Waals surface area contributed by atoms with Gasteiger partial charge in [-0.1, -0.05) is 12.1 Å². The Morgan fingerprint density at radius 2 is 1.89 bits per heavy atom. The van der Waals surface area contributed by atoms with Crippen molar-refractivity contribution in [3.8, 4) is 5.75 Å². The van der Waals surface area contributed by atoms with E-state index in [1.807, 2.05) is 38.1 Å². The van der Waals surface area contributed by atoms with Crippen molar-refractivity contribution in [1.29, 1.82) is 0 Å². The number of rotatable bonds is 6. The third-order valence-electron chi connectivity index (χ3n) is 3.43. The summed E-state index contributed by atoms with van der Waals surface area (Å²) in [6.07, 6.45) is 2.77. The number of hydrogen-bond donors (Lipinski definition) is 2. The average molecular weight is 250 g/mol. The fourth-order valence-electron chi connectivity index (χ4n) is 1.93. The summed E-state index contributed by atoms with van der Waals surface area (Å²) in [6.45, 7) is 4.01. The van der Waals surface area contributed by atoms with Crippen molar-refractivity contribution in [2.45, 2.75) is 44.4 Å². The third kappa shape index (κ3) is 3.02. The number of methoxy groups -OCH3 is 1. The average Bonchev–Trinajstić information content (AvgIpc) is 3.16. The number of ether oxygens (including phenoxy) is 2. The minimum Gasteiger partial charge on any atom is -0.490 e. The van der Waals surface area contributed by atoms with Crippen LogP contribution in [0.1, 0.15) is 38.3 Å². The van der Waals surface area contributed by atoms with E-state index < -0.39 is 0 Å². The standard InChI is InChI=1S/C14H22N2O2/c1-14(2,17-3)13(16-15)10-4-6-11(7-5-10)18-12-8-9-12/h4-7,12-13,16H,8-9,15H2,1-3H3. The number of nitrogens with two attached hydrogens (primary N) is 1. The van der Waals surface area contributed by atoms with E-state index in [1.165, 1.54) is 12.8 Å². The van der Waals surface area contributed by atoms with Crippen LogP contribution in [0.3, 0.4) is 0 Å². The molecule has 100 valence electrons. The van der Waals surface area contributed by atoms with Crippen LogP contribution in [0, 0.1) is 0 Å². The minimum absolute atomic E-state index is 0.0579. The van der Waals surface area contributed by atoms with Gasteiger partial charge in [-0.3, -0.25) is 11.3 Å². The molecule has 4 nitrogen and oxygen atoms in total. The molecule has 1 unspecified atom stereocenters. The topological polar surface area (TPSA) is 56.5 Å². The van der Waals surface area contributed by atoms with E-state index in [2.05, 4.69) is 5.43 Å². The number of hydrazine groups is 1. The first-order valence-electron chi connectivity index (χ1n) is 6.34. The molecule has 1 aliphatic carbocycles. The van der Waals surface area contributed by atoms with Gasteiger partial charge in [0, 0.05) is 7.11 Å². The highest BCUT2D eigenvalue weighted by molar-refractivity contribution is 5.30. The molecule has 0 aliphatic heterocycles. The van der Waals surface area contributed by atoms with Gasteiger partial charge in [-0.05, 0) is 44.4 Å². The van der Waals surface area contributed by atoms with Gasteiger partial charge in [-0.2, -0.15) is 0 Å². The quantitative estimate of drug-likeness (QED) is 0.600. The molecule has 0 amide bonds. The highest BCUT2D eigenvalue weighted by atomic mass is 16.5. The highest BCUT2D eigenvalue weighted by Gasteiger charge is 2.30. The van der Waals surface area contributed by atoms with Gasteiger partial charge >= 0.3 is 0 Å². The Bertz CT molecular complexity index is 385. The van der Waals surface area contributed by atoms with Gasteiger partial charge in [0.05, 0.1) is 17.7 Å². The van der Waals surface area contributed by atoms with Crippen molar-refractivity contribution in [2.24, 2.45) is 5.84 Å². The molecule has 3 N–H and O–H groups in total. The van der Waals surface area contributed by atoms with Crippen molar-refractivity contribution in [2.75, 3.05) is 7.11 Å². The van der Waals surface area contributed by atoms with Crippen LogP contribution < -0.4 is 16.0 Å². The fourth-order valence-corrected chi connectivity index (χ4v) is 1.93. The van der Waals surface area contributed by atoms with E-state index in [4.69, 9.17) is 15.3 Å². The van der Waals surface area contributed by atoms with Crippen LogP contribution in [0.5, 0.6) is 5.75 Å². The van der Waals surface area contributed by atoms with Crippen LogP contribution in [0.2, 0.25) is 0 Å². The van der Waals surface area contributed by atoms with Crippen LogP contribution in [0.25, 0.3) is 0 Å². The Hall–Kier alpha value is -1.10. The molecular formula is C14H22N2O2. The maximum atomic E-state index is 5.72. The second-order valence-electron chi connectivity index (χ2n) is 5.29. The van der Waals surface area contributed by atoms with Gasteiger partial charge < -0.3 is 9.47 Å². The second-order valence-corrected chi connectivity index (χ2v) is 5.29. The van der Waals surface area contributed by atoms with E-state index in [1.54, 1.807) is 7.11 Å². The van der Waals surface area contributed by atoms with Crippen LogP contribution in [0.15, 0.2) is 24.3 Å². The first-order chi connectivity index (χ1) is 8.56. The summed E-state index contributed by atoms with van der Waals surface area (Å²) in [7, 11) is 1.69. The molecule has 0 spiro atoms. The Morgan fingerprint density at radius 3 is 2.33 bits per heavy atom. The Labute approximate surface area is 108 Å². The van der Waals surface area contributed by atoms with E-state index in [-0.39, 0.29) is 11.6 Å². The van der Waals surface area contributed by atoms with Gasteiger partial charge in [0.1, 0.15) is 5.75 Å².